The van der Waals surface area contributed by atoms with Crippen molar-refractivity contribution in [2.75, 3.05) is 18.6 Å². The average molecular weight is 336 g/mol. The topological polar surface area (TPSA) is 81.3 Å². The maximum atomic E-state index is 12.5. The van der Waals surface area contributed by atoms with Gasteiger partial charge in [-0.2, -0.15) is 4.98 Å². The van der Waals surface area contributed by atoms with Crippen LogP contribution in [0.5, 0.6) is 5.75 Å². The molecule has 1 aliphatic rings. The molecule has 1 aliphatic heterocycles. The van der Waals surface area contributed by atoms with Crippen LogP contribution < -0.4 is 9.64 Å². The van der Waals surface area contributed by atoms with Gasteiger partial charge >= 0.3 is 0 Å². The Morgan fingerprint density at radius 1 is 1.20 bits per heavy atom. The Balaban J connectivity index is 1.58. The van der Waals surface area contributed by atoms with E-state index in [9.17, 15) is 4.79 Å². The number of carbonyl (C=O) groups excluding carboxylic acids is 1. The van der Waals surface area contributed by atoms with Crippen LogP contribution in [0, 0.1) is 0 Å². The summed E-state index contributed by atoms with van der Waals surface area (Å²) in [5, 5.41) is 4.06. The Kier molecular flexibility index (Phi) is 3.89. The number of nitrogens with zero attached hydrogens (tertiary/aromatic N) is 4. The number of hydrogen-bond donors (Lipinski definition) is 0. The number of ether oxygens (including phenoxy) is 1. The molecule has 1 unspecified atom stereocenters. The van der Waals surface area contributed by atoms with E-state index in [1.165, 1.54) is 0 Å². The van der Waals surface area contributed by atoms with Crippen molar-refractivity contribution < 1.29 is 14.1 Å². The standard InChI is InChI=1S/C18H16N4O3/c1-24-15-5-3-2-4-14(15)22-11-13(10-16(22)23)17-20-18(25-21-17)12-6-8-19-9-7-12/h2-9,13H,10-11H2,1H3. The Morgan fingerprint density at radius 2 is 2.00 bits per heavy atom. The minimum Gasteiger partial charge on any atom is -0.495 e. The minimum atomic E-state index is -0.114. The molecule has 126 valence electrons. The predicted molar refractivity (Wildman–Crippen MR) is 90.2 cm³/mol. The van der Waals surface area contributed by atoms with Crippen molar-refractivity contribution in [3.63, 3.8) is 0 Å². The highest BCUT2D eigenvalue weighted by Gasteiger charge is 2.35. The summed E-state index contributed by atoms with van der Waals surface area (Å²) in [7, 11) is 1.59. The highest BCUT2D eigenvalue weighted by molar-refractivity contribution is 5.97. The van der Waals surface area contributed by atoms with Crippen molar-refractivity contribution in [2.24, 2.45) is 0 Å². The lowest BCUT2D eigenvalue weighted by Crippen LogP contribution is -2.24. The SMILES string of the molecule is COc1ccccc1N1CC(c2noc(-c3ccncc3)n2)CC1=O. The molecular formula is C18H16N4O3. The van der Waals surface area contributed by atoms with E-state index >= 15 is 0 Å². The quantitative estimate of drug-likeness (QED) is 0.728. The number of anilines is 1. The third-order valence-corrected chi connectivity index (χ3v) is 4.24. The molecule has 3 heterocycles. The molecule has 0 radical (unpaired) electrons. The van der Waals surface area contributed by atoms with Gasteiger partial charge in [0.15, 0.2) is 5.82 Å². The zero-order chi connectivity index (χ0) is 17.2. The van der Waals surface area contributed by atoms with E-state index in [0.29, 0.717) is 30.4 Å². The van der Waals surface area contributed by atoms with Gasteiger partial charge in [-0.15, -0.1) is 0 Å². The number of aromatic nitrogens is 3. The number of rotatable bonds is 4. The molecule has 0 aliphatic carbocycles. The molecular weight excluding hydrogens is 320 g/mol. The van der Waals surface area contributed by atoms with Gasteiger partial charge in [-0.3, -0.25) is 9.78 Å². The molecule has 25 heavy (non-hydrogen) atoms. The van der Waals surface area contributed by atoms with Crippen LogP contribution >= 0.6 is 0 Å². The fraction of sp³-hybridized carbons (Fsp3) is 0.222. The first-order valence-corrected chi connectivity index (χ1v) is 7.93. The fourth-order valence-electron chi connectivity index (χ4n) is 2.98. The van der Waals surface area contributed by atoms with E-state index in [0.717, 1.165) is 11.3 Å². The number of amides is 1. The summed E-state index contributed by atoms with van der Waals surface area (Å²) in [5.41, 5.74) is 1.56. The van der Waals surface area contributed by atoms with E-state index in [2.05, 4.69) is 15.1 Å². The Bertz CT molecular complexity index is 894. The van der Waals surface area contributed by atoms with Gasteiger partial charge in [-0.25, -0.2) is 0 Å². The summed E-state index contributed by atoms with van der Waals surface area (Å²) < 4.78 is 10.7. The van der Waals surface area contributed by atoms with Gasteiger partial charge in [-0.1, -0.05) is 17.3 Å². The van der Waals surface area contributed by atoms with Crippen LogP contribution in [-0.2, 0) is 4.79 Å². The molecule has 1 amide bonds. The van der Waals surface area contributed by atoms with Gasteiger partial charge < -0.3 is 14.2 Å². The van der Waals surface area contributed by atoms with Gasteiger partial charge in [0, 0.05) is 36.8 Å². The van der Waals surface area contributed by atoms with Crippen LogP contribution in [0.3, 0.4) is 0 Å². The van der Waals surface area contributed by atoms with E-state index in [-0.39, 0.29) is 11.8 Å². The second kappa shape index (κ2) is 6.35. The van der Waals surface area contributed by atoms with E-state index in [1.807, 2.05) is 24.3 Å². The third kappa shape index (κ3) is 2.84. The molecule has 1 saturated heterocycles. The highest BCUT2D eigenvalue weighted by Crippen LogP contribution is 2.35. The summed E-state index contributed by atoms with van der Waals surface area (Å²) >= 11 is 0. The number of para-hydroxylation sites is 2. The van der Waals surface area contributed by atoms with Crippen LogP contribution in [0.2, 0.25) is 0 Å². The molecule has 0 saturated carbocycles. The minimum absolute atomic E-state index is 0.0183. The molecule has 0 spiro atoms. The third-order valence-electron chi connectivity index (χ3n) is 4.24. The number of hydrogen-bond acceptors (Lipinski definition) is 6. The van der Waals surface area contributed by atoms with Crippen molar-refractivity contribution in [2.45, 2.75) is 12.3 Å². The Morgan fingerprint density at radius 3 is 2.80 bits per heavy atom. The number of methoxy groups -OCH3 is 1. The lowest BCUT2D eigenvalue weighted by atomic mass is 10.1. The molecule has 0 bridgehead atoms. The molecule has 2 aromatic heterocycles. The first-order chi connectivity index (χ1) is 12.3. The molecule has 1 aromatic carbocycles. The zero-order valence-electron chi connectivity index (χ0n) is 13.6. The summed E-state index contributed by atoms with van der Waals surface area (Å²) in [4.78, 5) is 22.6. The lowest BCUT2D eigenvalue weighted by Gasteiger charge is -2.18. The first kappa shape index (κ1) is 15.3. The van der Waals surface area contributed by atoms with E-state index in [1.54, 1.807) is 36.5 Å². The molecule has 1 fully saturated rings. The van der Waals surface area contributed by atoms with Crippen LogP contribution in [-0.4, -0.2) is 34.7 Å². The normalized spacial score (nSPS) is 17.1. The van der Waals surface area contributed by atoms with Crippen LogP contribution in [0.4, 0.5) is 5.69 Å². The average Bonchev–Trinajstić information content (AvgIpc) is 3.29. The van der Waals surface area contributed by atoms with Crippen LogP contribution in [0.1, 0.15) is 18.2 Å². The van der Waals surface area contributed by atoms with Crippen molar-refractivity contribution in [3.8, 4) is 17.2 Å². The van der Waals surface area contributed by atoms with Crippen LogP contribution in [0.25, 0.3) is 11.5 Å². The molecule has 1 atom stereocenters. The van der Waals surface area contributed by atoms with E-state index in [4.69, 9.17) is 9.26 Å². The lowest BCUT2D eigenvalue weighted by molar-refractivity contribution is -0.117. The highest BCUT2D eigenvalue weighted by atomic mass is 16.5. The van der Waals surface area contributed by atoms with Gasteiger partial charge in [0.2, 0.25) is 5.91 Å². The summed E-state index contributed by atoms with van der Waals surface area (Å²) in [5.74, 6) is 1.54. The van der Waals surface area contributed by atoms with Crippen molar-refractivity contribution in [3.05, 3.63) is 54.6 Å². The second-order valence-electron chi connectivity index (χ2n) is 5.77. The smallest absolute Gasteiger partial charge is 0.258 e. The van der Waals surface area contributed by atoms with E-state index < -0.39 is 0 Å². The maximum absolute atomic E-state index is 12.5. The Labute approximate surface area is 144 Å². The van der Waals surface area contributed by atoms with Gasteiger partial charge in [0.1, 0.15) is 5.75 Å². The molecule has 4 rings (SSSR count). The number of carbonyl (C=O) groups is 1. The molecule has 0 N–H and O–H groups in total. The molecule has 7 heteroatoms. The van der Waals surface area contributed by atoms with Crippen molar-refractivity contribution >= 4 is 11.6 Å². The maximum Gasteiger partial charge on any atom is 0.258 e. The number of pyridine rings is 1. The van der Waals surface area contributed by atoms with Crippen LogP contribution in [0.15, 0.2) is 53.3 Å². The summed E-state index contributed by atoms with van der Waals surface area (Å²) in [6.07, 6.45) is 3.68. The van der Waals surface area contributed by atoms with Gasteiger partial charge in [0.25, 0.3) is 5.89 Å². The largest absolute Gasteiger partial charge is 0.495 e. The van der Waals surface area contributed by atoms with Gasteiger partial charge in [-0.05, 0) is 24.3 Å². The van der Waals surface area contributed by atoms with Crippen molar-refractivity contribution in [1.82, 2.24) is 15.1 Å². The molecule has 3 aromatic rings. The van der Waals surface area contributed by atoms with Gasteiger partial charge in [0.05, 0.1) is 12.8 Å². The summed E-state index contributed by atoms with van der Waals surface area (Å²) in [6.45, 7) is 0.495. The fourth-order valence-corrected chi connectivity index (χ4v) is 2.98. The van der Waals surface area contributed by atoms with Crippen molar-refractivity contribution in [1.29, 1.82) is 0 Å². The first-order valence-electron chi connectivity index (χ1n) is 7.93. The monoisotopic (exact) mass is 336 g/mol. The number of benzene rings is 1. The Hall–Kier alpha value is -3.22. The molecule has 7 nitrogen and oxygen atoms in total. The summed E-state index contributed by atoms with van der Waals surface area (Å²) in [6, 6.07) is 11.1. The predicted octanol–water partition coefficient (Wildman–Crippen LogP) is 2.66. The zero-order valence-corrected chi connectivity index (χ0v) is 13.6. The second-order valence-corrected chi connectivity index (χ2v) is 5.77.